The van der Waals surface area contributed by atoms with Crippen molar-refractivity contribution in [3.05, 3.63) is 67.9 Å². The van der Waals surface area contributed by atoms with Crippen molar-refractivity contribution in [1.82, 2.24) is 9.66 Å². The maximum Gasteiger partial charge on any atom is 0.282 e. The molecule has 3 aromatic rings. The fourth-order valence-electron chi connectivity index (χ4n) is 3.92. The molecule has 1 atom stereocenters. The summed E-state index contributed by atoms with van der Waals surface area (Å²) < 4.78 is 17.0. The fourth-order valence-corrected chi connectivity index (χ4v) is 4.28. The third-order valence-corrected chi connectivity index (χ3v) is 6.47. The summed E-state index contributed by atoms with van der Waals surface area (Å²) >= 11 is 3.42. The predicted octanol–water partition coefficient (Wildman–Crippen LogP) is 5.60. The van der Waals surface area contributed by atoms with Crippen LogP contribution in [0.3, 0.4) is 0 Å². The molecule has 0 unspecified atom stereocenters. The molecule has 7 heteroatoms. The topological polar surface area (TPSA) is 50.5 Å². The normalized spacial score (nSPS) is 15.3. The Morgan fingerprint density at radius 3 is 2.71 bits per heavy atom. The van der Waals surface area contributed by atoms with E-state index in [2.05, 4.69) is 25.9 Å². The van der Waals surface area contributed by atoms with Crippen LogP contribution in [0.2, 0.25) is 0 Å². The van der Waals surface area contributed by atoms with Crippen LogP contribution in [-0.4, -0.2) is 29.0 Å². The minimum Gasteiger partial charge on any atom is -0.369 e. The van der Waals surface area contributed by atoms with Crippen LogP contribution in [0.5, 0.6) is 0 Å². The van der Waals surface area contributed by atoms with E-state index in [-0.39, 0.29) is 17.3 Å². The molecule has 0 radical (unpaired) electrons. The zero-order valence-electron chi connectivity index (χ0n) is 18.0. The zero-order valence-corrected chi connectivity index (χ0v) is 19.6. The molecule has 2 heterocycles. The first-order valence-electron chi connectivity index (χ1n) is 10.7. The number of benzene rings is 2. The van der Waals surface area contributed by atoms with Crippen LogP contribution in [0.15, 0.2) is 44.7 Å². The lowest BCUT2D eigenvalue weighted by molar-refractivity contribution is 0.613. The summed E-state index contributed by atoms with van der Waals surface area (Å²) in [6.45, 7) is 7.78. The van der Waals surface area contributed by atoms with Crippen molar-refractivity contribution in [2.24, 2.45) is 5.10 Å². The van der Waals surface area contributed by atoms with Gasteiger partial charge in [0, 0.05) is 29.0 Å². The molecule has 162 valence electrons. The van der Waals surface area contributed by atoms with Crippen molar-refractivity contribution in [2.45, 2.75) is 46.0 Å². The van der Waals surface area contributed by atoms with Gasteiger partial charge in [0.15, 0.2) is 0 Å². The van der Waals surface area contributed by atoms with Gasteiger partial charge in [-0.3, -0.25) is 4.79 Å². The van der Waals surface area contributed by atoms with Gasteiger partial charge in [-0.2, -0.15) is 9.78 Å². The van der Waals surface area contributed by atoms with E-state index >= 15 is 0 Å². The Kier molecular flexibility index (Phi) is 6.23. The van der Waals surface area contributed by atoms with Crippen molar-refractivity contribution in [3.63, 3.8) is 0 Å². The van der Waals surface area contributed by atoms with Gasteiger partial charge in [-0.1, -0.05) is 29.8 Å². The number of nitrogens with zero attached hydrogens (tertiary/aromatic N) is 4. The summed E-state index contributed by atoms with van der Waals surface area (Å²) in [5, 5.41) is 4.97. The lowest BCUT2D eigenvalue weighted by Gasteiger charge is -2.19. The Morgan fingerprint density at radius 2 is 2.00 bits per heavy atom. The molecule has 1 aromatic heterocycles. The summed E-state index contributed by atoms with van der Waals surface area (Å²) in [5.74, 6) is 0.391. The molecule has 4 rings (SSSR count). The van der Waals surface area contributed by atoms with Gasteiger partial charge in [0.25, 0.3) is 5.56 Å². The van der Waals surface area contributed by atoms with Crippen molar-refractivity contribution in [1.29, 1.82) is 0 Å². The largest absolute Gasteiger partial charge is 0.369 e. The average Bonchev–Trinajstić information content (AvgIpc) is 3.29. The summed E-state index contributed by atoms with van der Waals surface area (Å²) in [7, 11) is 0. The molecular formula is C24H26BrFN4O. The first-order valence-corrected chi connectivity index (χ1v) is 11.5. The molecule has 2 aromatic carbocycles. The molecule has 1 aliphatic rings. The molecular weight excluding hydrogens is 459 g/mol. The van der Waals surface area contributed by atoms with E-state index in [0.29, 0.717) is 28.0 Å². The monoisotopic (exact) mass is 484 g/mol. The number of hydrogen-bond acceptors (Lipinski definition) is 4. The second kappa shape index (κ2) is 8.91. The second-order valence-corrected chi connectivity index (χ2v) is 9.07. The summed E-state index contributed by atoms with van der Waals surface area (Å²) in [6.07, 6.45) is 4.56. The van der Waals surface area contributed by atoms with E-state index in [4.69, 9.17) is 4.98 Å². The number of anilines is 1. The lowest BCUT2D eigenvalue weighted by atomic mass is 10.1. The molecule has 0 amide bonds. The van der Waals surface area contributed by atoms with Gasteiger partial charge >= 0.3 is 0 Å². The van der Waals surface area contributed by atoms with Crippen molar-refractivity contribution in [2.75, 3.05) is 18.0 Å². The van der Waals surface area contributed by atoms with Crippen LogP contribution in [0.1, 0.15) is 56.0 Å². The molecule has 0 bridgehead atoms. The number of rotatable bonds is 5. The minimum atomic E-state index is -0.260. The number of halogens is 2. The Bertz CT molecular complexity index is 1210. The average molecular weight is 485 g/mol. The molecule has 0 aliphatic carbocycles. The number of hydrogen-bond donors (Lipinski definition) is 0. The molecule has 31 heavy (non-hydrogen) atoms. The van der Waals surface area contributed by atoms with E-state index in [0.717, 1.165) is 42.4 Å². The van der Waals surface area contributed by atoms with Crippen LogP contribution in [0.4, 0.5) is 10.1 Å². The summed E-state index contributed by atoms with van der Waals surface area (Å²) in [5.41, 5.74) is 2.62. The van der Waals surface area contributed by atoms with Gasteiger partial charge in [-0.25, -0.2) is 9.37 Å². The molecule has 0 saturated carbocycles. The highest BCUT2D eigenvalue weighted by Gasteiger charge is 2.18. The van der Waals surface area contributed by atoms with E-state index in [1.54, 1.807) is 12.3 Å². The van der Waals surface area contributed by atoms with Crippen LogP contribution >= 0.6 is 15.9 Å². The quantitative estimate of drug-likeness (QED) is 0.442. The van der Waals surface area contributed by atoms with E-state index < -0.39 is 0 Å². The Hall–Kier alpha value is -2.54. The van der Waals surface area contributed by atoms with Crippen molar-refractivity contribution >= 4 is 38.7 Å². The maximum absolute atomic E-state index is 14.8. The van der Waals surface area contributed by atoms with Gasteiger partial charge in [0.1, 0.15) is 11.6 Å². The molecule has 0 spiro atoms. The third kappa shape index (κ3) is 4.28. The van der Waals surface area contributed by atoms with E-state index in [9.17, 15) is 9.18 Å². The summed E-state index contributed by atoms with van der Waals surface area (Å²) in [4.78, 5) is 20.0. The molecule has 1 fully saturated rings. The van der Waals surface area contributed by atoms with Gasteiger partial charge in [-0.05, 0) is 62.1 Å². The Balaban J connectivity index is 1.79. The molecule has 5 nitrogen and oxygen atoms in total. The number of aromatic nitrogens is 2. The van der Waals surface area contributed by atoms with Crippen LogP contribution in [0, 0.1) is 12.7 Å². The van der Waals surface area contributed by atoms with Crippen LogP contribution in [-0.2, 0) is 0 Å². The number of aryl methyl sites for hydroxylation is 1. The lowest BCUT2D eigenvalue weighted by Crippen LogP contribution is -2.24. The third-order valence-electron chi connectivity index (χ3n) is 5.98. The van der Waals surface area contributed by atoms with Gasteiger partial charge in [0.05, 0.1) is 22.8 Å². The highest BCUT2D eigenvalue weighted by atomic mass is 79.9. The van der Waals surface area contributed by atoms with Gasteiger partial charge < -0.3 is 4.90 Å². The molecule has 1 saturated heterocycles. The molecule has 1 aliphatic heterocycles. The Labute approximate surface area is 189 Å². The predicted molar refractivity (Wildman–Crippen MR) is 128 cm³/mol. The zero-order chi connectivity index (χ0) is 22.1. The van der Waals surface area contributed by atoms with Crippen molar-refractivity contribution < 1.29 is 4.39 Å². The van der Waals surface area contributed by atoms with E-state index in [1.807, 2.05) is 39.0 Å². The SMILES string of the molecule is CC[C@@H](C)c1nc2ccc(Br)cc2c(=O)n1N=Cc1cc(F)c(N2CCCC2)cc1C. The van der Waals surface area contributed by atoms with Crippen molar-refractivity contribution in [3.8, 4) is 0 Å². The minimum absolute atomic E-state index is 0.0493. The second-order valence-electron chi connectivity index (χ2n) is 8.16. The first kappa shape index (κ1) is 21.7. The number of fused-ring (bicyclic) bond motifs is 1. The highest BCUT2D eigenvalue weighted by molar-refractivity contribution is 9.10. The standard InChI is InChI=1S/C24H26BrFN4O/c1-4-15(2)23-28-21-8-7-18(25)13-19(21)24(31)30(23)27-14-17-12-20(26)22(11-16(17)3)29-9-5-6-10-29/h7-8,11-15H,4-6,9-10H2,1-3H3/t15-/m1/s1. The Morgan fingerprint density at radius 1 is 1.26 bits per heavy atom. The van der Waals surface area contributed by atoms with Gasteiger partial charge in [-0.15, -0.1) is 0 Å². The van der Waals surface area contributed by atoms with Crippen LogP contribution in [0.25, 0.3) is 10.9 Å². The fraction of sp³-hybridized carbons (Fsp3) is 0.375. The smallest absolute Gasteiger partial charge is 0.282 e. The maximum atomic E-state index is 14.8. The van der Waals surface area contributed by atoms with E-state index in [1.165, 1.54) is 10.7 Å². The van der Waals surface area contributed by atoms with Crippen LogP contribution < -0.4 is 10.5 Å². The van der Waals surface area contributed by atoms with Gasteiger partial charge in [0.2, 0.25) is 0 Å². The highest BCUT2D eigenvalue weighted by Crippen LogP contribution is 2.26. The first-order chi connectivity index (χ1) is 14.9. The summed E-state index contributed by atoms with van der Waals surface area (Å²) in [6, 6.07) is 8.84. The molecule has 0 N–H and O–H groups in total.